The molecule has 1 atom stereocenters. The first kappa shape index (κ1) is 19.6. The molecule has 0 amide bonds. The minimum atomic E-state index is 0.417. The van der Waals surface area contributed by atoms with E-state index in [1.54, 1.807) is 0 Å². The van der Waals surface area contributed by atoms with E-state index in [0.717, 1.165) is 28.2 Å². The Bertz CT molecular complexity index is 1130. The van der Waals surface area contributed by atoms with Gasteiger partial charge in [0.25, 0.3) is 0 Å². The average molecular weight is 389 g/mol. The predicted molar refractivity (Wildman–Crippen MR) is 130 cm³/mol. The fourth-order valence-electron chi connectivity index (χ4n) is 3.88. The van der Waals surface area contributed by atoms with Crippen molar-refractivity contribution < 1.29 is 0 Å². The van der Waals surface area contributed by atoms with Crippen molar-refractivity contribution >= 4 is 23.1 Å². The van der Waals surface area contributed by atoms with Gasteiger partial charge in [-0.1, -0.05) is 84.4 Å². The van der Waals surface area contributed by atoms with E-state index in [1.807, 2.05) is 12.3 Å². The lowest BCUT2D eigenvalue weighted by Crippen LogP contribution is -2.36. The van der Waals surface area contributed by atoms with Gasteiger partial charge < -0.3 is 0 Å². The van der Waals surface area contributed by atoms with Gasteiger partial charge in [0.2, 0.25) is 0 Å². The number of para-hydroxylation sites is 1. The van der Waals surface area contributed by atoms with Crippen molar-refractivity contribution in [3.63, 3.8) is 0 Å². The predicted octanol–water partition coefficient (Wildman–Crippen LogP) is 7.98. The van der Waals surface area contributed by atoms with Gasteiger partial charge in [0.05, 0.1) is 0 Å². The third-order valence-corrected chi connectivity index (χ3v) is 5.43. The summed E-state index contributed by atoms with van der Waals surface area (Å²) in [6, 6.07) is 40.4. The van der Waals surface area contributed by atoms with Gasteiger partial charge in [-0.25, -0.2) is 4.48 Å². The molecule has 146 valence electrons. The standard InChI is InChI=1S/C29H26N/c1-3-30(27-17-11-6-12-18-27,28-21-19-24(2)20-22-28)29(26-15-9-5-10-16-26)23-25-13-7-4-8-14-25/h3-23H,1H2,2H3/q+1. The van der Waals surface area contributed by atoms with Gasteiger partial charge in [0.15, 0.2) is 5.70 Å². The molecule has 0 bridgehead atoms. The van der Waals surface area contributed by atoms with Crippen LogP contribution in [0.1, 0.15) is 16.7 Å². The van der Waals surface area contributed by atoms with Crippen LogP contribution in [0.3, 0.4) is 0 Å². The van der Waals surface area contributed by atoms with Crippen LogP contribution < -0.4 is 4.48 Å². The molecule has 0 heterocycles. The molecule has 0 aromatic heterocycles. The highest BCUT2D eigenvalue weighted by Crippen LogP contribution is 2.44. The second-order valence-electron chi connectivity index (χ2n) is 7.38. The van der Waals surface area contributed by atoms with E-state index in [-0.39, 0.29) is 0 Å². The number of hydrogen-bond acceptors (Lipinski definition) is 0. The lowest BCUT2D eigenvalue weighted by Gasteiger charge is -2.35. The second-order valence-corrected chi connectivity index (χ2v) is 7.38. The summed E-state index contributed by atoms with van der Waals surface area (Å²) in [5.41, 5.74) is 6.98. The lowest BCUT2D eigenvalue weighted by atomic mass is 10.0. The van der Waals surface area contributed by atoms with Gasteiger partial charge in [-0.3, -0.25) is 0 Å². The highest BCUT2D eigenvalue weighted by Gasteiger charge is 2.37. The summed E-state index contributed by atoms with van der Waals surface area (Å²) in [6.07, 6.45) is 4.30. The topological polar surface area (TPSA) is 0 Å². The van der Waals surface area contributed by atoms with Crippen LogP contribution in [0.15, 0.2) is 128 Å². The van der Waals surface area contributed by atoms with Crippen molar-refractivity contribution in [2.24, 2.45) is 0 Å². The number of benzene rings is 4. The van der Waals surface area contributed by atoms with Gasteiger partial charge >= 0.3 is 0 Å². The minimum absolute atomic E-state index is 0.417. The SMILES string of the molecule is C=C[N+](C(=Cc1ccccc1)c1ccccc1)(c1ccccc1)c1ccc(C)cc1. The molecule has 4 aromatic rings. The maximum Gasteiger partial charge on any atom is 0.155 e. The second kappa shape index (κ2) is 8.77. The van der Waals surface area contributed by atoms with Crippen LogP contribution in [0.4, 0.5) is 11.4 Å². The van der Waals surface area contributed by atoms with Gasteiger partial charge in [0, 0.05) is 35.9 Å². The number of hydrogen-bond donors (Lipinski definition) is 0. The van der Waals surface area contributed by atoms with Crippen LogP contribution in [0.2, 0.25) is 0 Å². The minimum Gasteiger partial charge on any atom is -0.200 e. The first-order valence-electron chi connectivity index (χ1n) is 10.2. The summed E-state index contributed by atoms with van der Waals surface area (Å²) in [7, 11) is 0. The summed E-state index contributed by atoms with van der Waals surface area (Å²) in [4.78, 5) is 0. The van der Waals surface area contributed by atoms with E-state index in [1.165, 1.54) is 5.56 Å². The molecule has 0 spiro atoms. The molecule has 0 saturated carbocycles. The number of quaternary nitrogens is 1. The first-order valence-corrected chi connectivity index (χ1v) is 10.2. The molecule has 0 aliphatic carbocycles. The van der Waals surface area contributed by atoms with E-state index in [9.17, 15) is 0 Å². The Morgan fingerprint density at radius 3 is 1.70 bits per heavy atom. The average Bonchev–Trinajstić information content (AvgIpc) is 2.82. The molecule has 0 saturated heterocycles. The Morgan fingerprint density at radius 2 is 1.13 bits per heavy atom. The molecular weight excluding hydrogens is 362 g/mol. The van der Waals surface area contributed by atoms with Crippen molar-refractivity contribution in [1.82, 2.24) is 4.48 Å². The lowest BCUT2D eigenvalue weighted by molar-refractivity contribution is 0.705. The maximum absolute atomic E-state index is 4.33. The number of aryl methyl sites for hydroxylation is 1. The quantitative estimate of drug-likeness (QED) is 0.232. The fourth-order valence-corrected chi connectivity index (χ4v) is 3.88. The fraction of sp³-hybridized carbons (Fsp3) is 0.0345. The third kappa shape index (κ3) is 3.76. The summed E-state index contributed by atoms with van der Waals surface area (Å²) >= 11 is 0. The Labute approximate surface area is 179 Å². The Hall–Kier alpha value is -3.68. The third-order valence-electron chi connectivity index (χ3n) is 5.43. The van der Waals surface area contributed by atoms with E-state index in [0.29, 0.717) is 4.48 Å². The van der Waals surface area contributed by atoms with Crippen LogP contribution >= 0.6 is 0 Å². The van der Waals surface area contributed by atoms with Crippen LogP contribution in [0.5, 0.6) is 0 Å². The highest BCUT2D eigenvalue weighted by molar-refractivity contribution is 5.92. The molecule has 0 aliphatic heterocycles. The molecular formula is C29H26N+. The van der Waals surface area contributed by atoms with E-state index < -0.39 is 0 Å². The van der Waals surface area contributed by atoms with Crippen molar-refractivity contribution in [3.8, 4) is 0 Å². The van der Waals surface area contributed by atoms with E-state index >= 15 is 0 Å². The molecule has 1 unspecified atom stereocenters. The molecule has 1 nitrogen and oxygen atoms in total. The molecule has 1 heteroatoms. The van der Waals surface area contributed by atoms with Crippen LogP contribution in [0, 0.1) is 6.92 Å². The zero-order chi connectivity index (χ0) is 20.8. The maximum atomic E-state index is 4.33. The number of rotatable bonds is 6. The zero-order valence-corrected chi connectivity index (χ0v) is 17.3. The van der Waals surface area contributed by atoms with Crippen LogP contribution in [-0.2, 0) is 0 Å². The first-order chi connectivity index (χ1) is 14.7. The van der Waals surface area contributed by atoms with Crippen LogP contribution in [-0.4, -0.2) is 0 Å². The molecule has 0 radical (unpaired) electrons. The van der Waals surface area contributed by atoms with Gasteiger partial charge in [-0.2, -0.15) is 0 Å². The van der Waals surface area contributed by atoms with Crippen molar-refractivity contribution in [3.05, 3.63) is 145 Å². The normalized spacial score (nSPS) is 13.4. The van der Waals surface area contributed by atoms with Gasteiger partial charge in [-0.15, -0.1) is 0 Å². The monoisotopic (exact) mass is 388 g/mol. The van der Waals surface area contributed by atoms with Gasteiger partial charge in [0.1, 0.15) is 17.6 Å². The molecule has 0 aliphatic rings. The number of nitrogens with zero attached hydrogens (tertiary/aromatic N) is 1. The molecule has 0 fully saturated rings. The smallest absolute Gasteiger partial charge is 0.155 e. The highest BCUT2D eigenvalue weighted by atomic mass is 15.4. The summed E-state index contributed by atoms with van der Waals surface area (Å²) in [5, 5.41) is 0. The zero-order valence-electron chi connectivity index (χ0n) is 17.3. The van der Waals surface area contributed by atoms with E-state index in [2.05, 4.69) is 129 Å². The Morgan fingerprint density at radius 1 is 0.633 bits per heavy atom. The Kier molecular flexibility index (Phi) is 5.74. The van der Waals surface area contributed by atoms with Crippen molar-refractivity contribution in [2.75, 3.05) is 0 Å². The Balaban J connectivity index is 2.07. The largest absolute Gasteiger partial charge is 0.200 e. The summed E-state index contributed by atoms with van der Waals surface area (Å²) in [6.45, 7) is 6.45. The molecule has 30 heavy (non-hydrogen) atoms. The molecule has 4 rings (SSSR count). The molecule has 0 N–H and O–H groups in total. The van der Waals surface area contributed by atoms with Crippen molar-refractivity contribution in [1.29, 1.82) is 0 Å². The van der Waals surface area contributed by atoms with E-state index in [4.69, 9.17) is 0 Å². The summed E-state index contributed by atoms with van der Waals surface area (Å²) < 4.78 is 0.417. The van der Waals surface area contributed by atoms with Gasteiger partial charge in [-0.05, 0) is 31.2 Å². The molecule has 4 aromatic carbocycles. The van der Waals surface area contributed by atoms with Crippen molar-refractivity contribution in [2.45, 2.75) is 6.92 Å². The van der Waals surface area contributed by atoms with Crippen LogP contribution in [0.25, 0.3) is 11.8 Å². The summed E-state index contributed by atoms with van der Waals surface area (Å²) in [5.74, 6) is 0.